The van der Waals surface area contributed by atoms with Gasteiger partial charge < -0.3 is 19.5 Å². The summed E-state index contributed by atoms with van der Waals surface area (Å²) in [5.74, 6) is 0.872. The van der Waals surface area contributed by atoms with Gasteiger partial charge in [-0.3, -0.25) is 9.67 Å². The number of anilines is 1. The molecule has 0 atom stereocenters. The number of nitrogens with zero attached hydrogens (tertiary/aromatic N) is 3. The molecule has 172 valence electrons. The molecule has 1 saturated heterocycles. The predicted octanol–water partition coefficient (Wildman–Crippen LogP) is 4.87. The Labute approximate surface area is 193 Å². The van der Waals surface area contributed by atoms with Gasteiger partial charge in [0.15, 0.2) is 0 Å². The first-order chi connectivity index (χ1) is 15.9. The number of morpholine rings is 1. The first-order valence-electron chi connectivity index (χ1n) is 11.3. The van der Waals surface area contributed by atoms with Gasteiger partial charge in [0.05, 0.1) is 37.1 Å². The van der Waals surface area contributed by atoms with Crippen LogP contribution in [0.25, 0.3) is 27.8 Å². The molecule has 5 rings (SSSR count). The number of hydrogen-bond acceptors (Lipinski definition) is 5. The second-order valence-corrected chi connectivity index (χ2v) is 9.40. The Morgan fingerprint density at radius 1 is 1.00 bits per heavy atom. The fourth-order valence-corrected chi connectivity index (χ4v) is 4.59. The normalized spacial score (nSPS) is 14.7. The number of methoxy groups -OCH3 is 1. The number of aromatic hydroxyl groups is 1. The smallest absolute Gasteiger partial charge is 0.222 e. The van der Waals surface area contributed by atoms with Crippen LogP contribution in [0.15, 0.2) is 48.5 Å². The average molecular weight is 447 g/mol. The molecule has 1 fully saturated rings. The van der Waals surface area contributed by atoms with E-state index in [4.69, 9.17) is 9.47 Å². The van der Waals surface area contributed by atoms with Crippen LogP contribution in [-0.2, 0) is 10.2 Å². The molecule has 7 heteroatoms. The van der Waals surface area contributed by atoms with Gasteiger partial charge in [-0.2, -0.15) is 5.10 Å². The van der Waals surface area contributed by atoms with Crippen LogP contribution in [0.5, 0.6) is 11.6 Å². The van der Waals surface area contributed by atoms with Crippen molar-refractivity contribution in [1.29, 1.82) is 0 Å². The number of ether oxygens (including phenoxy) is 2. The average Bonchev–Trinajstić information content (AvgIpc) is 3.39. The SMILES string of the molecule is COc1ccccc1-c1c2c(C(C)(C)C)n[nH]c2c(O)n1-c1ccc(N2CCOCC2)cc1. The molecular weight excluding hydrogens is 416 g/mol. The summed E-state index contributed by atoms with van der Waals surface area (Å²) in [5.41, 5.74) is 5.08. The fourth-order valence-electron chi connectivity index (χ4n) is 4.59. The molecule has 3 heterocycles. The predicted molar refractivity (Wildman–Crippen MR) is 131 cm³/mol. The van der Waals surface area contributed by atoms with Gasteiger partial charge in [0.1, 0.15) is 11.3 Å². The quantitative estimate of drug-likeness (QED) is 0.468. The number of aromatic amines is 1. The van der Waals surface area contributed by atoms with Crippen molar-refractivity contribution in [1.82, 2.24) is 14.8 Å². The molecule has 1 aliphatic rings. The number of hydrogen-bond donors (Lipinski definition) is 2. The zero-order chi connectivity index (χ0) is 23.2. The van der Waals surface area contributed by atoms with Crippen molar-refractivity contribution in [2.24, 2.45) is 0 Å². The molecule has 0 radical (unpaired) electrons. The van der Waals surface area contributed by atoms with E-state index in [2.05, 4.69) is 48.0 Å². The maximum absolute atomic E-state index is 11.4. The number of para-hydroxylation sites is 1. The summed E-state index contributed by atoms with van der Waals surface area (Å²) in [4.78, 5) is 2.32. The van der Waals surface area contributed by atoms with E-state index in [9.17, 15) is 5.11 Å². The van der Waals surface area contributed by atoms with Gasteiger partial charge in [-0.15, -0.1) is 0 Å². The lowest BCUT2D eigenvalue weighted by Crippen LogP contribution is -2.36. The maximum atomic E-state index is 11.4. The fraction of sp³-hybridized carbons (Fsp3) is 0.346. The summed E-state index contributed by atoms with van der Waals surface area (Å²) in [5, 5.41) is 19.9. The Bertz CT molecular complexity index is 1280. The number of aromatic nitrogens is 3. The van der Waals surface area contributed by atoms with Gasteiger partial charge in [0.25, 0.3) is 0 Å². The Morgan fingerprint density at radius 2 is 1.67 bits per heavy atom. The Balaban J connectivity index is 1.74. The highest BCUT2D eigenvalue weighted by atomic mass is 16.5. The van der Waals surface area contributed by atoms with Gasteiger partial charge in [-0.25, -0.2) is 0 Å². The monoisotopic (exact) mass is 446 g/mol. The first kappa shape index (κ1) is 21.4. The van der Waals surface area contributed by atoms with Crippen molar-refractivity contribution < 1.29 is 14.6 Å². The molecule has 0 spiro atoms. The number of nitrogens with one attached hydrogen (secondary N) is 1. The molecule has 33 heavy (non-hydrogen) atoms. The summed E-state index contributed by atoms with van der Waals surface area (Å²) < 4.78 is 13.1. The summed E-state index contributed by atoms with van der Waals surface area (Å²) >= 11 is 0. The van der Waals surface area contributed by atoms with Crippen LogP contribution >= 0.6 is 0 Å². The zero-order valence-electron chi connectivity index (χ0n) is 19.6. The second-order valence-electron chi connectivity index (χ2n) is 9.40. The molecule has 0 aliphatic carbocycles. The van der Waals surface area contributed by atoms with Crippen LogP contribution in [0.2, 0.25) is 0 Å². The molecule has 0 bridgehead atoms. The van der Waals surface area contributed by atoms with Crippen LogP contribution in [0.4, 0.5) is 5.69 Å². The second kappa shape index (κ2) is 8.15. The van der Waals surface area contributed by atoms with Crippen LogP contribution in [-0.4, -0.2) is 53.3 Å². The van der Waals surface area contributed by atoms with Crippen LogP contribution in [0.3, 0.4) is 0 Å². The Kier molecular flexibility index (Phi) is 5.29. The van der Waals surface area contributed by atoms with Gasteiger partial charge in [-0.1, -0.05) is 32.9 Å². The molecule has 2 aromatic carbocycles. The molecular formula is C26H30N4O3. The van der Waals surface area contributed by atoms with Crippen LogP contribution in [0.1, 0.15) is 26.5 Å². The van der Waals surface area contributed by atoms with Crippen molar-refractivity contribution in [2.45, 2.75) is 26.2 Å². The minimum atomic E-state index is -0.214. The van der Waals surface area contributed by atoms with Crippen molar-refractivity contribution >= 4 is 16.6 Å². The topological polar surface area (TPSA) is 75.5 Å². The lowest BCUT2D eigenvalue weighted by molar-refractivity contribution is 0.122. The van der Waals surface area contributed by atoms with Gasteiger partial charge >= 0.3 is 0 Å². The van der Waals surface area contributed by atoms with E-state index in [1.165, 1.54) is 0 Å². The largest absolute Gasteiger partial charge is 0.496 e. The van der Waals surface area contributed by atoms with Crippen molar-refractivity contribution in [2.75, 3.05) is 38.3 Å². The lowest BCUT2D eigenvalue weighted by Gasteiger charge is -2.29. The summed E-state index contributed by atoms with van der Waals surface area (Å²) in [6.45, 7) is 9.62. The summed E-state index contributed by atoms with van der Waals surface area (Å²) in [6, 6.07) is 16.2. The van der Waals surface area contributed by atoms with Crippen molar-refractivity contribution in [3.63, 3.8) is 0 Å². The third kappa shape index (κ3) is 3.62. The van der Waals surface area contributed by atoms with E-state index in [1.54, 1.807) is 7.11 Å². The molecule has 1 aliphatic heterocycles. The Hall–Kier alpha value is -3.45. The van der Waals surface area contributed by atoms with Crippen molar-refractivity contribution in [3.8, 4) is 28.6 Å². The molecule has 4 aromatic rings. The highest BCUT2D eigenvalue weighted by Crippen LogP contribution is 2.46. The van der Waals surface area contributed by atoms with Gasteiger partial charge in [-0.05, 0) is 36.4 Å². The number of rotatable bonds is 4. The molecule has 7 nitrogen and oxygen atoms in total. The van der Waals surface area contributed by atoms with Gasteiger partial charge in [0.2, 0.25) is 5.88 Å². The highest BCUT2D eigenvalue weighted by molar-refractivity contribution is 6.02. The van der Waals surface area contributed by atoms with E-state index in [0.29, 0.717) is 5.52 Å². The minimum absolute atomic E-state index is 0.132. The first-order valence-corrected chi connectivity index (χ1v) is 11.3. The van der Waals surface area contributed by atoms with Gasteiger partial charge in [0, 0.05) is 35.4 Å². The molecule has 2 aromatic heterocycles. The molecule has 0 unspecified atom stereocenters. The summed E-state index contributed by atoms with van der Waals surface area (Å²) in [6.07, 6.45) is 0. The minimum Gasteiger partial charge on any atom is -0.496 e. The molecule has 0 amide bonds. The molecule has 2 N–H and O–H groups in total. The van der Waals surface area contributed by atoms with E-state index < -0.39 is 0 Å². The number of fused-ring (bicyclic) bond motifs is 1. The summed E-state index contributed by atoms with van der Waals surface area (Å²) in [7, 11) is 1.67. The van der Waals surface area contributed by atoms with E-state index in [0.717, 1.165) is 65.8 Å². The van der Waals surface area contributed by atoms with E-state index >= 15 is 0 Å². The Morgan fingerprint density at radius 3 is 2.33 bits per heavy atom. The lowest BCUT2D eigenvalue weighted by atomic mass is 9.89. The third-order valence-electron chi connectivity index (χ3n) is 6.22. The molecule has 0 saturated carbocycles. The number of benzene rings is 2. The maximum Gasteiger partial charge on any atom is 0.222 e. The van der Waals surface area contributed by atoms with E-state index in [-0.39, 0.29) is 11.3 Å². The number of H-pyrrole nitrogens is 1. The van der Waals surface area contributed by atoms with E-state index in [1.807, 2.05) is 41.0 Å². The van der Waals surface area contributed by atoms with Crippen LogP contribution < -0.4 is 9.64 Å². The highest BCUT2D eigenvalue weighted by Gasteiger charge is 2.30. The standard InChI is InChI=1S/C26H30N4O3/c1-26(2,3)24-21-22(27-28-24)25(31)30(23(21)19-7-5-6-8-20(19)32-4)18-11-9-17(10-12-18)29-13-15-33-16-14-29/h5-12,27,31H,13-16H2,1-4H3. The van der Waals surface area contributed by atoms with Crippen LogP contribution in [0, 0.1) is 0 Å². The zero-order valence-corrected chi connectivity index (χ0v) is 19.6. The third-order valence-corrected chi connectivity index (χ3v) is 6.22. The van der Waals surface area contributed by atoms with Crippen molar-refractivity contribution in [3.05, 3.63) is 54.2 Å².